The van der Waals surface area contributed by atoms with Crippen LogP contribution < -0.4 is 0 Å². The standard InChI is InChI=1S/C25H34N3O8PS2/c1-16(29)34-14-18-15-39-22-25(38-8,26-13-17-9-11-19(12-10-17)28(31)32)21(30)27(22)20(18)37(33,35-23(2,3)4)36-24(5,6)7/h9-13,22H,14-15H2,1-8H3/t22-,25-/m0/s1. The Balaban J connectivity index is 2.07. The molecule has 0 radical (unpaired) electrons. The number of nitrogens with zero attached hydrogens (tertiary/aromatic N) is 3. The molecular formula is C25H34N3O8PS2. The summed E-state index contributed by atoms with van der Waals surface area (Å²) in [5.74, 6) is -0.633. The number of benzene rings is 1. The van der Waals surface area contributed by atoms with Gasteiger partial charge in [0.1, 0.15) is 17.4 Å². The molecule has 0 unspecified atom stereocenters. The van der Waals surface area contributed by atoms with Gasteiger partial charge in [0.05, 0.1) is 16.1 Å². The molecule has 2 atom stereocenters. The van der Waals surface area contributed by atoms with Crippen molar-refractivity contribution in [3.63, 3.8) is 0 Å². The van der Waals surface area contributed by atoms with Crippen LogP contribution >= 0.6 is 31.1 Å². The number of carbonyl (C=O) groups excluding carboxylic acids is 2. The maximum Gasteiger partial charge on any atom is 0.378 e. The highest BCUT2D eigenvalue weighted by molar-refractivity contribution is 8.05. The van der Waals surface area contributed by atoms with Crippen LogP contribution in [0.4, 0.5) is 5.69 Å². The van der Waals surface area contributed by atoms with E-state index in [2.05, 4.69) is 4.99 Å². The fraction of sp³-hybridized carbons (Fsp3) is 0.560. The van der Waals surface area contributed by atoms with Gasteiger partial charge in [0.2, 0.25) is 4.87 Å². The number of ether oxygens (including phenoxy) is 1. The molecule has 0 bridgehead atoms. The van der Waals surface area contributed by atoms with Gasteiger partial charge in [0.25, 0.3) is 11.6 Å². The van der Waals surface area contributed by atoms with Crippen molar-refractivity contribution in [2.24, 2.45) is 4.99 Å². The van der Waals surface area contributed by atoms with Gasteiger partial charge in [-0.2, -0.15) is 0 Å². The van der Waals surface area contributed by atoms with Gasteiger partial charge in [-0.3, -0.25) is 43.2 Å². The Hall–Kier alpha value is -2.18. The third-order valence-corrected chi connectivity index (χ3v) is 10.7. The number of non-ortho nitro benzene ring substituents is 1. The summed E-state index contributed by atoms with van der Waals surface area (Å²) in [5, 5.41) is 10.4. The summed E-state index contributed by atoms with van der Waals surface area (Å²) in [5.41, 5.74) is -0.699. The smallest absolute Gasteiger partial charge is 0.378 e. The molecule has 11 nitrogen and oxygen atoms in total. The van der Waals surface area contributed by atoms with E-state index >= 15 is 0 Å². The second-order valence-corrected chi connectivity index (χ2v) is 14.8. The maximum absolute atomic E-state index is 14.6. The minimum atomic E-state index is -4.14. The number of hydrogen-bond donors (Lipinski definition) is 0. The number of rotatable bonds is 9. The van der Waals surface area contributed by atoms with Crippen molar-refractivity contribution in [2.75, 3.05) is 18.6 Å². The van der Waals surface area contributed by atoms with Crippen LogP contribution in [0.2, 0.25) is 0 Å². The van der Waals surface area contributed by atoms with Gasteiger partial charge in [0, 0.05) is 36.6 Å². The summed E-state index contributed by atoms with van der Waals surface area (Å²) in [6, 6.07) is 5.83. The summed E-state index contributed by atoms with van der Waals surface area (Å²) in [6.07, 6.45) is 3.27. The van der Waals surface area contributed by atoms with Crippen molar-refractivity contribution in [3.05, 3.63) is 51.0 Å². The quantitative estimate of drug-likeness (QED) is 0.0882. The third kappa shape index (κ3) is 6.94. The van der Waals surface area contributed by atoms with E-state index < -0.39 is 45.8 Å². The second-order valence-electron chi connectivity index (χ2n) is 11.0. The lowest BCUT2D eigenvalue weighted by atomic mass is 10.1. The van der Waals surface area contributed by atoms with E-state index in [9.17, 15) is 24.3 Å². The molecule has 0 aliphatic carbocycles. The van der Waals surface area contributed by atoms with Gasteiger partial charge < -0.3 is 4.74 Å². The number of thioether (sulfide) groups is 2. The van der Waals surface area contributed by atoms with Gasteiger partial charge in [0.15, 0.2) is 0 Å². The monoisotopic (exact) mass is 599 g/mol. The minimum absolute atomic E-state index is 0.0519. The van der Waals surface area contributed by atoms with Crippen LogP contribution in [0, 0.1) is 10.1 Å². The average molecular weight is 600 g/mol. The Kier molecular flexibility index (Phi) is 9.13. The Bertz CT molecular complexity index is 1230. The van der Waals surface area contributed by atoms with Gasteiger partial charge >= 0.3 is 13.6 Å². The summed E-state index contributed by atoms with van der Waals surface area (Å²) >= 11 is 2.65. The number of hydrogen-bond acceptors (Lipinski definition) is 11. The Morgan fingerprint density at radius 2 is 1.79 bits per heavy atom. The number of esters is 1. The lowest BCUT2D eigenvalue weighted by Gasteiger charge is -2.56. The lowest BCUT2D eigenvalue weighted by molar-refractivity contribution is -0.384. The Morgan fingerprint density at radius 3 is 2.26 bits per heavy atom. The molecule has 2 aliphatic rings. The zero-order valence-electron chi connectivity index (χ0n) is 23.2. The summed E-state index contributed by atoms with van der Waals surface area (Å²) in [6.45, 7) is 11.6. The van der Waals surface area contributed by atoms with Crippen LogP contribution in [0.3, 0.4) is 0 Å². The normalized spacial score (nSPS) is 22.1. The molecule has 1 aromatic rings. The molecule has 1 fully saturated rings. The number of β-lactam (4-membered cyclic amide) rings is 1. The van der Waals surface area contributed by atoms with Crippen LogP contribution in [0.1, 0.15) is 54.0 Å². The van der Waals surface area contributed by atoms with E-state index in [4.69, 9.17) is 13.8 Å². The fourth-order valence-corrected chi connectivity index (χ4v) is 9.35. The van der Waals surface area contributed by atoms with E-state index in [0.29, 0.717) is 16.9 Å². The van der Waals surface area contributed by atoms with E-state index in [0.717, 1.165) is 0 Å². The lowest BCUT2D eigenvalue weighted by Crippen LogP contribution is -2.70. The van der Waals surface area contributed by atoms with Crippen molar-refractivity contribution < 1.29 is 32.9 Å². The van der Waals surface area contributed by atoms with E-state index in [-0.39, 0.29) is 17.7 Å². The molecule has 2 aliphatic heterocycles. The number of nitro groups is 1. The molecule has 1 saturated heterocycles. The van der Waals surface area contributed by atoms with Gasteiger partial charge in [-0.15, -0.1) is 23.5 Å². The van der Waals surface area contributed by atoms with Crippen LogP contribution in [-0.2, 0) is 27.9 Å². The van der Waals surface area contributed by atoms with Gasteiger partial charge in [-0.1, -0.05) is 0 Å². The molecule has 1 amide bonds. The highest BCUT2D eigenvalue weighted by Crippen LogP contribution is 2.68. The van der Waals surface area contributed by atoms with Crippen molar-refractivity contribution in [1.82, 2.24) is 4.90 Å². The molecule has 0 N–H and O–H groups in total. The van der Waals surface area contributed by atoms with Crippen LogP contribution in [0.15, 0.2) is 40.3 Å². The number of nitro benzene ring substituents is 1. The molecular weight excluding hydrogens is 565 g/mol. The van der Waals surface area contributed by atoms with Crippen molar-refractivity contribution in [1.29, 1.82) is 0 Å². The average Bonchev–Trinajstić information content (AvgIpc) is 2.80. The highest BCUT2D eigenvalue weighted by Gasteiger charge is 2.67. The first-order valence-electron chi connectivity index (χ1n) is 12.1. The molecule has 3 rings (SSSR count). The molecule has 0 aromatic heterocycles. The second kappa shape index (κ2) is 11.4. The van der Waals surface area contributed by atoms with Crippen LogP contribution in [-0.4, -0.2) is 68.0 Å². The predicted molar refractivity (Wildman–Crippen MR) is 153 cm³/mol. The molecule has 214 valence electrons. The summed E-state index contributed by atoms with van der Waals surface area (Å²) < 4.78 is 32.0. The Labute approximate surface area is 236 Å². The number of carbonyl (C=O) groups is 2. The zero-order valence-corrected chi connectivity index (χ0v) is 25.8. The summed E-state index contributed by atoms with van der Waals surface area (Å²) in [4.78, 5) is 40.8. The van der Waals surface area contributed by atoms with Crippen LogP contribution in [0.25, 0.3) is 0 Å². The van der Waals surface area contributed by atoms with E-state index in [1.54, 1.807) is 59.9 Å². The first kappa shape index (κ1) is 31.3. The number of fused-ring (bicyclic) bond motifs is 1. The molecule has 0 spiro atoms. The Morgan fingerprint density at radius 1 is 1.23 bits per heavy atom. The number of aliphatic imine (C=N–C) groups is 1. The largest absolute Gasteiger partial charge is 0.461 e. The molecule has 1 aromatic carbocycles. The third-order valence-electron chi connectivity index (χ3n) is 5.37. The summed E-state index contributed by atoms with van der Waals surface area (Å²) in [7, 11) is -4.14. The van der Waals surface area contributed by atoms with Gasteiger partial charge in [-0.25, -0.2) is 0 Å². The van der Waals surface area contributed by atoms with Crippen molar-refractivity contribution in [2.45, 2.75) is 69.9 Å². The van der Waals surface area contributed by atoms with Crippen molar-refractivity contribution >= 4 is 54.9 Å². The van der Waals surface area contributed by atoms with E-state index in [1.807, 2.05) is 0 Å². The first-order valence-corrected chi connectivity index (χ1v) is 15.9. The van der Waals surface area contributed by atoms with Crippen LogP contribution in [0.5, 0.6) is 0 Å². The van der Waals surface area contributed by atoms with Crippen molar-refractivity contribution in [3.8, 4) is 0 Å². The van der Waals surface area contributed by atoms with E-state index in [1.165, 1.54) is 53.7 Å². The molecule has 14 heteroatoms. The predicted octanol–water partition coefficient (Wildman–Crippen LogP) is 5.59. The molecule has 0 saturated carbocycles. The number of amides is 1. The topological polar surface area (TPSA) is 138 Å². The molecule has 2 heterocycles. The zero-order chi connectivity index (χ0) is 29.4. The maximum atomic E-state index is 14.6. The highest BCUT2D eigenvalue weighted by atomic mass is 32.2. The fourth-order valence-electron chi connectivity index (χ4n) is 3.96. The molecule has 39 heavy (non-hydrogen) atoms. The minimum Gasteiger partial charge on any atom is -0.461 e. The first-order chi connectivity index (χ1) is 17.9. The van der Waals surface area contributed by atoms with Gasteiger partial charge in [-0.05, 0) is 65.5 Å². The SMILES string of the molecule is CS[C@@]1(N=Cc2ccc([N+](=O)[O-])cc2)C(=O)N2C(P(=O)(OC(C)(C)C)OC(C)(C)C)=C(COC(C)=O)CS[C@H]21.